The van der Waals surface area contributed by atoms with E-state index in [-0.39, 0.29) is 16.4 Å². The molecule has 1 aliphatic heterocycles. The van der Waals surface area contributed by atoms with E-state index in [1.807, 2.05) is 0 Å². The number of fused-ring (bicyclic) bond motifs is 2. The molecule has 0 saturated carbocycles. The third-order valence-electron chi connectivity index (χ3n) is 3.81. The summed E-state index contributed by atoms with van der Waals surface area (Å²) in [7, 11) is -3.60. The van der Waals surface area contributed by atoms with Crippen molar-refractivity contribution in [2.24, 2.45) is 4.99 Å². The number of carbonyl (C=O) groups is 1. The molecule has 0 saturated heterocycles. The van der Waals surface area contributed by atoms with E-state index in [4.69, 9.17) is 4.74 Å². The second-order valence-electron chi connectivity index (χ2n) is 5.40. The molecule has 0 radical (unpaired) electrons. The first-order chi connectivity index (χ1) is 11.5. The maximum Gasteiger partial charge on any atom is 0.330 e. The molecular weight excluding hydrogens is 326 g/mol. The number of esters is 1. The molecule has 1 heterocycles. The van der Waals surface area contributed by atoms with Gasteiger partial charge in [0.15, 0.2) is 0 Å². The summed E-state index contributed by atoms with van der Waals surface area (Å²) >= 11 is 0. The van der Waals surface area contributed by atoms with Crippen molar-refractivity contribution in [2.75, 3.05) is 6.61 Å². The highest BCUT2D eigenvalue weighted by molar-refractivity contribution is 7.91. The fourth-order valence-corrected chi connectivity index (χ4v) is 4.37. The molecular formula is C18H17NO4S. The van der Waals surface area contributed by atoms with Crippen LogP contribution in [0.25, 0.3) is 0 Å². The van der Waals surface area contributed by atoms with Crippen LogP contribution in [0.15, 0.2) is 63.3 Å². The van der Waals surface area contributed by atoms with E-state index < -0.39 is 21.8 Å². The monoisotopic (exact) mass is 343 g/mol. The van der Waals surface area contributed by atoms with Gasteiger partial charge in [0.25, 0.3) is 0 Å². The molecule has 24 heavy (non-hydrogen) atoms. The first-order valence-corrected chi connectivity index (χ1v) is 9.13. The van der Waals surface area contributed by atoms with Crippen LogP contribution in [0.2, 0.25) is 0 Å². The zero-order chi connectivity index (χ0) is 17.3. The zero-order valence-electron chi connectivity index (χ0n) is 13.4. The van der Waals surface area contributed by atoms with Crippen LogP contribution in [0.4, 0.5) is 0 Å². The molecule has 0 aliphatic carbocycles. The lowest BCUT2D eigenvalue weighted by atomic mass is 10.0. The molecule has 1 atom stereocenters. The van der Waals surface area contributed by atoms with Crippen LogP contribution in [-0.4, -0.2) is 32.7 Å². The van der Waals surface area contributed by atoms with Gasteiger partial charge in [-0.05, 0) is 26.0 Å². The van der Waals surface area contributed by atoms with Crippen LogP contribution in [-0.2, 0) is 19.4 Å². The van der Waals surface area contributed by atoms with Crippen molar-refractivity contribution in [2.45, 2.75) is 29.7 Å². The third kappa shape index (κ3) is 2.63. The van der Waals surface area contributed by atoms with E-state index in [0.29, 0.717) is 16.8 Å². The smallest absolute Gasteiger partial charge is 0.330 e. The van der Waals surface area contributed by atoms with E-state index >= 15 is 0 Å². The lowest BCUT2D eigenvalue weighted by molar-refractivity contribution is -0.144. The predicted molar refractivity (Wildman–Crippen MR) is 90.1 cm³/mol. The molecule has 5 nitrogen and oxygen atoms in total. The largest absolute Gasteiger partial charge is 0.464 e. The molecule has 2 aromatic rings. The Labute approximate surface area is 140 Å². The molecule has 124 valence electrons. The molecule has 0 amide bonds. The van der Waals surface area contributed by atoms with Crippen molar-refractivity contribution < 1.29 is 17.9 Å². The fourth-order valence-electron chi connectivity index (χ4n) is 2.71. The minimum absolute atomic E-state index is 0.207. The van der Waals surface area contributed by atoms with Gasteiger partial charge in [0.2, 0.25) is 9.84 Å². The average molecular weight is 343 g/mol. The van der Waals surface area contributed by atoms with E-state index in [1.54, 1.807) is 62.4 Å². The van der Waals surface area contributed by atoms with Crippen molar-refractivity contribution in [3.8, 4) is 0 Å². The van der Waals surface area contributed by atoms with Gasteiger partial charge in [-0.2, -0.15) is 0 Å². The Morgan fingerprint density at radius 2 is 1.54 bits per heavy atom. The van der Waals surface area contributed by atoms with Gasteiger partial charge in [0.1, 0.15) is 6.04 Å². The van der Waals surface area contributed by atoms with Crippen molar-refractivity contribution >= 4 is 21.5 Å². The summed E-state index contributed by atoms with van der Waals surface area (Å²) in [6.07, 6.45) is 0. The first kappa shape index (κ1) is 16.4. The quantitative estimate of drug-likeness (QED) is 0.685. The molecule has 0 aromatic heterocycles. The summed E-state index contributed by atoms with van der Waals surface area (Å²) in [4.78, 5) is 16.8. The average Bonchev–Trinajstić information content (AvgIpc) is 2.59. The Hall–Kier alpha value is -2.47. The third-order valence-corrected chi connectivity index (χ3v) is 5.68. The van der Waals surface area contributed by atoms with Gasteiger partial charge < -0.3 is 4.74 Å². The van der Waals surface area contributed by atoms with Gasteiger partial charge in [-0.15, -0.1) is 0 Å². The Balaban J connectivity index is 2.23. The zero-order valence-corrected chi connectivity index (χ0v) is 14.2. The van der Waals surface area contributed by atoms with Crippen LogP contribution in [0, 0.1) is 0 Å². The molecule has 1 unspecified atom stereocenters. The molecule has 0 bridgehead atoms. The van der Waals surface area contributed by atoms with Crippen molar-refractivity contribution in [3.05, 3.63) is 59.7 Å². The summed E-state index contributed by atoms with van der Waals surface area (Å²) in [5.74, 6) is -0.437. The number of rotatable bonds is 3. The van der Waals surface area contributed by atoms with Gasteiger partial charge in [-0.25, -0.2) is 13.2 Å². The SMILES string of the molecule is CCOC(=O)C(C)N=C1c2ccccc2S(=O)(=O)c2ccccc21. The lowest BCUT2D eigenvalue weighted by Crippen LogP contribution is -2.25. The maximum absolute atomic E-state index is 12.8. The van der Waals surface area contributed by atoms with Gasteiger partial charge in [-0.1, -0.05) is 36.4 Å². The molecule has 0 spiro atoms. The van der Waals surface area contributed by atoms with Crippen LogP contribution in [0.1, 0.15) is 25.0 Å². The standard InChI is InChI=1S/C18H17NO4S/c1-3-23-18(20)12(2)19-17-13-8-4-6-10-15(13)24(21,22)16-11-7-5-9-14(16)17/h4-12H,3H2,1-2H3. The Bertz CT molecular complexity index is 876. The lowest BCUT2D eigenvalue weighted by Gasteiger charge is -2.22. The van der Waals surface area contributed by atoms with Gasteiger partial charge >= 0.3 is 5.97 Å². The molecule has 6 heteroatoms. The summed E-state index contributed by atoms with van der Waals surface area (Å²) in [5, 5.41) is 0. The number of hydrogen-bond acceptors (Lipinski definition) is 5. The normalized spacial score (nSPS) is 15.8. The van der Waals surface area contributed by atoms with Crippen LogP contribution >= 0.6 is 0 Å². The summed E-state index contributed by atoms with van der Waals surface area (Å²) in [6.45, 7) is 3.64. The highest BCUT2D eigenvalue weighted by Gasteiger charge is 2.33. The number of ether oxygens (including phenoxy) is 1. The second-order valence-corrected chi connectivity index (χ2v) is 7.29. The number of carbonyl (C=O) groups excluding carboxylic acids is 1. The van der Waals surface area contributed by atoms with E-state index in [0.717, 1.165) is 0 Å². The van der Waals surface area contributed by atoms with Crippen LogP contribution in [0.3, 0.4) is 0 Å². The number of benzene rings is 2. The molecule has 0 N–H and O–H groups in total. The van der Waals surface area contributed by atoms with Crippen molar-refractivity contribution in [1.82, 2.24) is 0 Å². The highest BCUT2D eigenvalue weighted by atomic mass is 32.2. The molecule has 0 fully saturated rings. The second kappa shape index (κ2) is 6.20. The van der Waals surface area contributed by atoms with E-state index in [9.17, 15) is 13.2 Å². The fraction of sp³-hybridized carbons (Fsp3) is 0.222. The van der Waals surface area contributed by atoms with Crippen molar-refractivity contribution in [1.29, 1.82) is 0 Å². The van der Waals surface area contributed by atoms with Crippen LogP contribution in [0.5, 0.6) is 0 Å². The topological polar surface area (TPSA) is 72.8 Å². The number of sulfone groups is 1. The number of hydrogen-bond donors (Lipinski definition) is 0. The van der Waals surface area contributed by atoms with Gasteiger partial charge in [-0.3, -0.25) is 4.99 Å². The van der Waals surface area contributed by atoms with Crippen LogP contribution < -0.4 is 0 Å². The van der Waals surface area contributed by atoms with Crippen molar-refractivity contribution in [3.63, 3.8) is 0 Å². The molecule has 3 rings (SSSR count). The number of nitrogens with zero attached hydrogens (tertiary/aromatic N) is 1. The minimum atomic E-state index is -3.60. The van der Waals surface area contributed by atoms with E-state index in [2.05, 4.69) is 4.99 Å². The number of aliphatic imine (C=N–C) groups is 1. The van der Waals surface area contributed by atoms with Gasteiger partial charge in [0, 0.05) is 11.1 Å². The van der Waals surface area contributed by atoms with E-state index in [1.165, 1.54) is 0 Å². The van der Waals surface area contributed by atoms with Gasteiger partial charge in [0.05, 0.1) is 22.1 Å². The summed E-state index contributed by atoms with van der Waals surface area (Å²) < 4.78 is 30.6. The summed E-state index contributed by atoms with van der Waals surface area (Å²) in [5.41, 5.74) is 1.51. The highest BCUT2D eigenvalue weighted by Crippen LogP contribution is 2.34. The Kier molecular flexibility index (Phi) is 4.24. The maximum atomic E-state index is 12.8. The molecule has 1 aliphatic rings. The first-order valence-electron chi connectivity index (χ1n) is 7.65. The molecule has 2 aromatic carbocycles. The summed E-state index contributed by atoms with van der Waals surface area (Å²) in [6, 6.07) is 12.7. The Morgan fingerprint density at radius 1 is 1.04 bits per heavy atom. The Morgan fingerprint density at radius 3 is 2.04 bits per heavy atom. The minimum Gasteiger partial charge on any atom is -0.464 e. The predicted octanol–water partition coefficient (Wildman–Crippen LogP) is 2.62.